The smallest absolute Gasteiger partial charge is 0.326 e. The van der Waals surface area contributed by atoms with Crippen molar-refractivity contribution >= 4 is 45.3 Å². The molecule has 1 aliphatic heterocycles. The SMILES string of the molecule is CCc1cc(Br)ccc1NC(=O)COC(=O)CN1C(=O)[C@@H]2[C@H]3CC[C@@H](C3)[C@@H]2C1=O. The van der Waals surface area contributed by atoms with Gasteiger partial charge in [-0.05, 0) is 61.3 Å². The van der Waals surface area contributed by atoms with E-state index in [0.29, 0.717) is 5.69 Å². The molecule has 0 spiro atoms. The summed E-state index contributed by atoms with van der Waals surface area (Å²) in [5.74, 6) is -1.71. The summed E-state index contributed by atoms with van der Waals surface area (Å²) < 4.78 is 5.93. The van der Waals surface area contributed by atoms with Crippen LogP contribution in [0.5, 0.6) is 0 Å². The lowest BCUT2D eigenvalue weighted by molar-refractivity contribution is -0.154. The maximum absolute atomic E-state index is 12.6. The molecule has 0 aromatic heterocycles. The molecule has 4 rings (SSSR count). The fourth-order valence-electron chi connectivity index (χ4n) is 5.11. The first-order valence-electron chi connectivity index (χ1n) is 9.98. The van der Waals surface area contributed by atoms with Crippen molar-refractivity contribution < 1.29 is 23.9 Å². The number of carbonyl (C=O) groups excluding carboxylic acids is 4. The van der Waals surface area contributed by atoms with Crippen molar-refractivity contribution in [2.24, 2.45) is 23.7 Å². The molecule has 0 unspecified atom stereocenters. The molecule has 8 heteroatoms. The summed E-state index contributed by atoms with van der Waals surface area (Å²) in [5, 5.41) is 2.72. The van der Waals surface area contributed by atoms with E-state index in [0.717, 1.165) is 40.6 Å². The molecule has 1 saturated heterocycles. The van der Waals surface area contributed by atoms with Crippen molar-refractivity contribution in [3.63, 3.8) is 0 Å². The van der Waals surface area contributed by atoms with E-state index in [2.05, 4.69) is 21.2 Å². The van der Waals surface area contributed by atoms with Crippen LogP contribution < -0.4 is 5.32 Å². The topological polar surface area (TPSA) is 92.8 Å². The molecule has 154 valence electrons. The number of esters is 1. The van der Waals surface area contributed by atoms with Gasteiger partial charge in [-0.15, -0.1) is 0 Å². The highest BCUT2D eigenvalue weighted by molar-refractivity contribution is 9.10. The van der Waals surface area contributed by atoms with Crippen LogP contribution in [0.3, 0.4) is 0 Å². The first kappa shape index (κ1) is 20.1. The van der Waals surface area contributed by atoms with Gasteiger partial charge in [-0.1, -0.05) is 22.9 Å². The molecule has 2 aliphatic carbocycles. The Balaban J connectivity index is 1.30. The molecule has 1 heterocycles. The minimum atomic E-state index is -0.749. The summed E-state index contributed by atoms with van der Waals surface area (Å²) in [6.45, 7) is 1.09. The van der Waals surface area contributed by atoms with E-state index in [1.165, 1.54) is 0 Å². The van der Waals surface area contributed by atoms with E-state index >= 15 is 0 Å². The standard InChI is InChI=1S/C21H23BrN2O5/c1-2-11-8-14(22)5-6-15(11)23-16(25)10-29-17(26)9-24-20(27)18-12-3-4-13(7-12)19(18)21(24)28/h5-6,8,12-13,18-19H,2-4,7,9-10H2,1H3,(H,23,25)/t12-,13-,18-,19+/m0/s1. The van der Waals surface area contributed by atoms with Gasteiger partial charge in [-0.3, -0.25) is 24.1 Å². The van der Waals surface area contributed by atoms with E-state index in [4.69, 9.17) is 4.74 Å². The summed E-state index contributed by atoms with van der Waals surface area (Å²) >= 11 is 3.39. The highest BCUT2D eigenvalue weighted by Gasteiger charge is 2.61. The van der Waals surface area contributed by atoms with Gasteiger partial charge >= 0.3 is 5.97 Å². The molecular weight excluding hydrogens is 440 g/mol. The van der Waals surface area contributed by atoms with Crippen molar-refractivity contribution in [3.8, 4) is 0 Å². The Morgan fingerprint density at radius 3 is 2.45 bits per heavy atom. The van der Waals surface area contributed by atoms with Gasteiger partial charge < -0.3 is 10.1 Å². The predicted octanol–water partition coefficient (Wildman–Crippen LogP) is 2.52. The van der Waals surface area contributed by atoms with Crippen LogP contribution >= 0.6 is 15.9 Å². The minimum absolute atomic E-state index is 0.254. The van der Waals surface area contributed by atoms with Crippen molar-refractivity contribution in [3.05, 3.63) is 28.2 Å². The van der Waals surface area contributed by atoms with Gasteiger partial charge in [0.2, 0.25) is 11.8 Å². The van der Waals surface area contributed by atoms with Crippen LogP contribution in [0.1, 0.15) is 31.7 Å². The summed E-state index contributed by atoms with van der Waals surface area (Å²) in [7, 11) is 0. The fourth-order valence-corrected chi connectivity index (χ4v) is 5.52. The van der Waals surface area contributed by atoms with E-state index < -0.39 is 25.0 Å². The molecule has 1 aromatic rings. The second kappa shape index (κ2) is 7.89. The van der Waals surface area contributed by atoms with Crippen LogP contribution in [-0.2, 0) is 30.3 Å². The molecule has 1 aromatic carbocycles. The molecule has 1 N–H and O–H groups in total. The number of aryl methyl sites for hydroxylation is 1. The normalized spacial score (nSPS) is 27.3. The number of halogens is 1. The molecule has 2 saturated carbocycles. The van der Waals surface area contributed by atoms with Crippen molar-refractivity contribution in [1.82, 2.24) is 4.90 Å². The number of hydrogen-bond donors (Lipinski definition) is 1. The predicted molar refractivity (Wildman–Crippen MR) is 108 cm³/mol. The van der Waals surface area contributed by atoms with Crippen LogP contribution in [0.15, 0.2) is 22.7 Å². The van der Waals surface area contributed by atoms with Crippen LogP contribution in [0, 0.1) is 23.7 Å². The summed E-state index contributed by atoms with van der Waals surface area (Å²) in [6.07, 6.45) is 3.65. The first-order chi connectivity index (χ1) is 13.9. The third-order valence-electron chi connectivity index (χ3n) is 6.39. The van der Waals surface area contributed by atoms with E-state index in [9.17, 15) is 19.2 Å². The number of fused-ring (bicyclic) bond motifs is 5. The van der Waals surface area contributed by atoms with Crippen molar-refractivity contribution in [1.29, 1.82) is 0 Å². The van der Waals surface area contributed by atoms with Crippen molar-refractivity contribution in [2.75, 3.05) is 18.5 Å². The third-order valence-corrected chi connectivity index (χ3v) is 6.89. The number of benzene rings is 1. The zero-order valence-electron chi connectivity index (χ0n) is 16.2. The Bertz CT molecular complexity index is 858. The monoisotopic (exact) mass is 462 g/mol. The zero-order chi connectivity index (χ0) is 20.7. The number of hydrogen-bond acceptors (Lipinski definition) is 5. The summed E-state index contributed by atoms with van der Waals surface area (Å²) in [6, 6.07) is 5.50. The number of anilines is 1. The number of imide groups is 1. The van der Waals surface area contributed by atoms with Gasteiger partial charge in [-0.25, -0.2) is 0 Å². The Morgan fingerprint density at radius 2 is 1.83 bits per heavy atom. The number of rotatable bonds is 6. The van der Waals surface area contributed by atoms with Crippen LogP contribution in [-0.4, -0.2) is 41.7 Å². The van der Waals surface area contributed by atoms with Crippen LogP contribution in [0.4, 0.5) is 5.69 Å². The summed E-state index contributed by atoms with van der Waals surface area (Å²) in [4.78, 5) is 50.6. The second-order valence-corrected chi connectivity index (χ2v) is 8.93. The van der Waals surface area contributed by atoms with Gasteiger partial charge in [0, 0.05) is 10.2 Å². The summed E-state index contributed by atoms with van der Waals surface area (Å²) in [5.41, 5.74) is 1.61. The van der Waals surface area contributed by atoms with Gasteiger partial charge in [0.1, 0.15) is 6.54 Å². The molecule has 4 atom stereocenters. The Morgan fingerprint density at radius 1 is 1.17 bits per heavy atom. The zero-order valence-corrected chi connectivity index (χ0v) is 17.7. The maximum atomic E-state index is 12.6. The lowest BCUT2D eigenvalue weighted by atomic mass is 9.81. The number of nitrogens with one attached hydrogen (secondary N) is 1. The number of amides is 3. The van der Waals surface area contributed by atoms with Crippen molar-refractivity contribution in [2.45, 2.75) is 32.6 Å². The van der Waals surface area contributed by atoms with Crippen LogP contribution in [0.2, 0.25) is 0 Å². The van der Waals surface area contributed by atoms with Gasteiger partial charge in [0.15, 0.2) is 6.61 Å². The van der Waals surface area contributed by atoms with Crippen LogP contribution in [0.25, 0.3) is 0 Å². The molecule has 3 aliphatic rings. The number of ether oxygens (including phenoxy) is 1. The van der Waals surface area contributed by atoms with E-state index in [1.807, 2.05) is 19.1 Å². The van der Waals surface area contributed by atoms with Gasteiger partial charge in [-0.2, -0.15) is 0 Å². The highest BCUT2D eigenvalue weighted by Crippen LogP contribution is 2.56. The van der Waals surface area contributed by atoms with E-state index in [-0.39, 0.29) is 35.5 Å². The Hall–Kier alpha value is -2.22. The Labute approximate surface area is 177 Å². The molecule has 3 amide bonds. The fraction of sp³-hybridized carbons (Fsp3) is 0.524. The molecule has 2 bridgehead atoms. The third kappa shape index (κ3) is 3.70. The molecular formula is C21H23BrN2O5. The van der Waals surface area contributed by atoms with Gasteiger partial charge in [0.05, 0.1) is 11.8 Å². The molecule has 29 heavy (non-hydrogen) atoms. The largest absolute Gasteiger partial charge is 0.454 e. The molecule has 3 fully saturated rings. The maximum Gasteiger partial charge on any atom is 0.326 e. The highest BCUT2D eigenvalue weighted by atomic mass is 79.9. The molecule has 0 radical (unpaired) electrons. The lowest BCUT2D eigenvalue weighted by Gasteiger charge is -2.19. The minimum Gasteiger partial charge on any atom is -0.454 e. The quantitative estimate of drug-likeness (QED) is 0.517. The number of carbonyl (C=O) groups is 4. The Kier molecular flexibility index (Phi) is 5.46. The van der Waals surface area contributed by atoms with Gasteiger partial charge in [0.25, 0.3) is 5.91 Å². The second-order valence-electron chi connectivity index (χ2n) is 8.01. The average Bonchev–Trinajstić information content (AvgIpc) is 3.38. The van der Waals surface area contributed by atoms with E-state index in [1.54, 1.807) is 6.07 Å². The number of likely N-dealkylation sites (tertiary alicyclic amines) is 1. The average molecular weight is 463 g/mol. The number of nitrogens with zero attached hydrogens (tertiary/aromatic N) is 1. The lowest BCUT2D eigenvalue weighted by Crippen LogP contribution is -2.38. The first-order valence-corrected chi connectivity index (χ1v) is 10.8. The molecule has 7 nitrogen and oxygen atoms in total.